The number of allylic oxidation sites excluding steroid dienone is 1. The second-order valence-corrected chi connectivity index (χ2v) is 8.90. The molecule has 0 heterocycles. The fourth-order valence-corrected chi connectivity index (χ4v) is 5.02. The van der Waals surface area contributed by atoms with Crippen molar-refractivity contribution < 1.29 is 19.4 Å². The van der Waals surface area contributed by atoms with E-state index in [1.165, 1.54) is 18.4 Å². The second-order valence-electron chi connectivity index (χ2n) is 8.90. The first-order valence-corrected chi connectivity index (χ1v) is 11.4. The van der Waals surface area contributed by atoms with Crippen LogP contribution in [-0.2, 0) is 10.2 Å². The van der Waals surface area contributed by atoms with Crippen molar-refractivity contribution in [2.45, 2.75) is 62.9 Å². The number of aliphatic carboxylic acids is 1. The molecule has 0 atom stereocenters. The molecule has 31 heavy (non-hydrogen) atoms. The largest absolute Gasteiger partial charge is 0.493 e. The van der Waals surface area contributed by atoms with Gasteiger partial charge in [0.05, 0.1) is 19.1 Å². The number of hydrogen-bond donors (Lipinski definition) is 1. The van der Waals surface area contributed by atoms with E-state index in [2.05, 4.69) is 36.4 Å². The second kappa shape index (κ2) is 9.59. The topological polar surface area (TPSA) is 55.8 Å². The van der Waals surface area contributed by atoms with E-state index in [4.69, 9.17) is 9.47 Å². The van der Waals surface area contributed by atoms with E-state index in [9.17, 15) is 9.90 Å². The van der Waals surface area contributed by atoms with Gasteiger partial charge in [-0.2, -0.15) is 0 Å². The molecule has 0 bridgehead atoms. The minimum atomic E-state index is -0.680. The van der Waals surface area contributed by atoms with Crippen LogP contribution in [0.15, 0.2) is 54.6 Å². The normalized spacial score (nSPS) is 24.4. The van der Waals surface area contributed by atoms with Crippen molar-refractivity contribution in [1.82, 2.24) is 0 Å². The number of ether oxygens (including phenoxy) is 2. The maximum absolute atomic E-state index is 11.6. The Labute approximate surface area is 184 Å². The lowest BCUT2D eigenvalue weighted by Gasteiger charge is -2.38. The average molecular weight is 421 g/mol. The molecule has 4 nitrogen and oxygen atoms in total. The third kappa shape index (κ3) is 4.95. The molecule has 2 aliphatic carbocycles. The molecule has 2 aliphatic rings. The van der Waals surface area contributed by atoms with Crippen LogP contribution in [0.25, 0.3) is 6.08 Å². The predicted molar refractivity (Wildman–Crippen MR) is 123 cm³/mol. The molecule has 0 spiro atoms. The van der Waals surface area contributed by atoms with E-state index < -0.39 is 5.97 Å². The van der Waals surface area contributed by atoms with Gasteiger partial charge in [-0.05, 0) is 74.6 Å². The van der Waals surface area contributed by atoms with Gasteiger partial charge in [0.25, 0.3) is 0 Å². The Morgan fingerprint density at radius 2 is 1.71 bits per heavy atom. The van der Waals surface area contributed by atoms with Gasteiger partial charge in [-0.1, -0.05) is 48.6 Å². The van der Waals surface area contributed by atoms with Crippen LogP contribution in [0, 0.1) is 5.92 Å². The molecule has 4 rings (SSSR count). The maximum Gasteiger partial charge on any atom is 0.306 e. The van der Waals surface area contributed by atoms with Crippen LogP contribution in [0.5, 0.6) is 11.5 Å². The third-order valence-corrected chi connectivity index (χ3v) is 6.96. The average Bonchev–Trinajstić information content (AvgIpc) is 3.32. The molecule has 2 saturated carbocycles. The zero-order valence-corrected chi connectivity index (χ0v) is 18.3. The molecule has 2 aromatic carbocycles. The minimum absolute atomic E-state index is 0.206. The first-order chi connectivity index (χ1) is 15.1. The summed E-state index contributed by atoms with van der Waals surface area (Å²) in [7, 11) is 1.68. The number of rotatable bonds is 7. The summed E-state index contributed by atoms with van der Waals surface area (Å²) in [6, 6.07) is 16.5. The van der Waals surface area contributed by atoms with Gasteiger partial charge in [0.1, 0.15) is 0 Å². The number of methoxy groups -OCH3 is 1. The summed E-state index contributed by atoms with van der Waals surface area (Å²) in [5.74, 6) is 0.628. The summed E-state index contributed by atoms with van der Waals surface area (Å²) in [4.78, 5) is 11.6. The zero-order valence-electron chi connectivity index (χ0n) is 18.3. The number of carboxylic acid groups (broad SMARTS) is 1. The standard InChI is InChI=1S/C27H32O4/c1-30-24-12-11-22(19-25(24)31-23-9-5-6-10-23)27(16-13-20-7-3-2-4-8-20)17-14-21(15-18-27)26(28)29/h2-4,7-8,11-13,16,19,21,23H,5-6,9-10,14-15,17-18H2,1H3,(H,28,29)/b16-13-. The van der Waals surface area contributed by atoms with Crippen molar-refractivity contribution >= 4 is 12.0 Å². The molecule has 0 amide bonds. The molecule has 2 fully saturated rings. The molecule has 2 aromatic rings. The van der Waals surface area contributed by atoms with Crippen molar-refractivity contribution in [2.24, 2.45) is 5.92 Å². The molecule has 0 unspecified atom stereocenters. The summed E-state index contributed by atoms with van der Waals surface area (Å²) in [6.45, 7) is 0. The van der Waals surface area contributed by atoms with E-state index >= 15 is 0 Å². The molecule has 1 N–H and O–H groups in total. The lowest BCUT2D eigenvalue weighted by atomic mass is 9.66. The highest BCUT2D eigenvalue weighted by molar-refractivity contribution is 5.70. The smallest absolute Gasteiger partial charge is 0.306 e. The van der Waals surface area contributed by atoms with Crippen LogP contribution in [0.4, 0.5) is 0 Å². The van der Waals surface area contributed by atoms with Crippen LogP contribution in [0.1, 0.15) is 62.5 Å². The summed E-state index contributed by atoms with van der Waals surface area (Å²) >= 11 is 0. The lowest BCUT2D eigenvalue weighted by Crippen LogP contribution is -2.32. The summed E-state index contributed by atoms with van der Waals surface area (Å²) in [5.41, 5.74) is 2.12. The fourth-order valence-electron chi connectivity index (χ4n) is 5.02. The minimum Gasteiger partial charge on any atom is -0.493 e. The van der Waals surface area contributed by atoms with Crippen LogP contribution in [-0.4, -0.2) is 24.3 Å². The molecule has 0 radical (unpaired) electrons. The van der Waals surface area contributed by atoms with E-state index in [0.29, 0.717) is 12.8 Å². The highest BCUT2D eigenvalue weighted by atomic mass is 16.5. The molecule has 0 saturated heterocycles. The highest BCUT2D eigenvalue weighted by Crippen LogP contribution is 2.46. The van der Waals surface area contributed by atoms with Gasteiger partial charge < -0.3 is 14.6 Å². The Hall–Kier alpha value is -2.75. The van der Waals surface area contributed by atoms with Crippen LogP contribution in [0.2, 0.25) is 0 Å². The Balaban J connectivity index is 1.67. The monoisotopic (exact) mass is 420 g/mol. The van der Waals surface area contributed by atoms with E-state index in [1.54, 1.807) is 7.11 Å². The Kier molecular flexibility index (Phi) is 6.64. The van der Waals surface area contributed by atoms with Gasteiger partial charge in [-0.25, -0.2) is 0 Å². The predicted octanol–water partition coefficient (Wildman–Crippen LogP) is 6.24. The van der Waals surface area contributed by atoms with E-state index in [1.807, 2.05) is 24.3 Å². The van der Waals surface area contributed by atoms with Gasteiger partial charge >= 0.3 is 5.97 Å². The third-order valence-electron chi connectivity index (χ3n) is 6.96. The number of carboxylic acids is 1. The molecule has 0 aliphatic heterocycles. The van der Waals surface area contributed by atoms with Crippen molar-refractivity contribution in [3.63, 3.8) is 0 Å². The molecular formula is C27H32O4. The molecular weight excluding hydrogens is 388 g/mol. The summed E-state index contributed by atoms with van der Waals surface area (Å²) in [6.07, 6.45) is 12.3. The fraction of sp³-hybridized carbons (Fsp3) is 0.444. The van der Waals surface area contributed by atoms with Gasteiger partial charge in [-0.15, -0.1) is 0 Å². The Bertz CT molecular complexity index is 904. The Morgan fingerprint density at radius 3 is 2.35 bits per heavy atom. The van der Waals surface area contributed by atoms with Crippen molar-refractivity contribution in [2.75, 3.05) is 7.11 Å². The SMILES string of the molecule is COc1ccc(C2(/C=C\c3ccccc3)CCC(C(=O)O)CC2)cc1OC1CCCC1. The van der Waals surface area contributed by atoms with E-state index in [-0.39, 0.29) is 17.4 Å². The first-order valence-electron chi connectivity index (χ1n) is 11.4. The van der Waals surface area contributed by atoms with E-state index in [0.717, 1.165) is 42.7 Å². The van der Waals surface area contributed by atoms with Crippen LogP contribution < -0.4 is 9.47 Å². The van der Waals surface area contributed by atoms with Crippen LogP contribution >= 0.6 is 0 Å². The van der Waals surface area contributed by atoms with Crippen molar-refractivity contribution in [1.29, 1.82) is 0 Å². The van der Waals surface area contributed by atoms with Gasteiger partial charge in [0.2, 0.25) is 0 Å². The van der Waals surface area contributed by atoms with Crippen molar-refractivity contribution in [3.05, 3.63) is 65.7 Å². The Morgan fingerprint density at radius 1 is 1.00 bits per heavy atom. The zero-order chi connectivity index (χ0) is 21.7. The highest BCUT2D eigenvalue weighted by Gasteiger charge is 2.37. The van der Waals surface area contributed by atoms with Crippen molar-refractivity contribution in [3.8, 4) is 11.5 Å². The maximum atomic E-state index is 11.6. The number of carbonyl (C=O) groups is 1. The van der Waals surface area contributed by atoms with Gasteiger partial charge in [0, 0.05) is 5.41 Å². The van der Waals surface area contributed by atoms with Gasteiger partial charge in [-0.3, -0.25) is 4.79 Å². The molecule has 4 heteroatoms. The summed E-state index contributed by atoms with van der Waals surface area (Å²) in [5, 5.41) is 9.50. The summed E-state index contributed by atoms with van der Waals surface area (Å²) < 4.78 is 11.9. The van der Waals surface area contributed by atoms with Gasteiger partial charge in [0.15, 0.2) is 11.5 Å². The number of benzene rings is 2. The van der Waals surface area contributed by atoms with Crippen LogP contribution in [0.3, 0.4) is 0 Å². The molecule has 0 aromatic heterocycles. The first kappa shape index (κ1) is 21.5. The molecule has 164 valence electrons. The quantitative estimate of drug-likeness (QED) is 0.576. The lowest BCUT2D eigenvalue weighted by molar-refractivity contribution is -0.143. The number of hydrogen-bond acceptors (Lipinski definition) is 3.